The van der Waals surface area contributed by atoms with E-state index in [2.05, 4.69) is 19.9 Å². The van der Waals surface area contributed by atoms with Gasteiger partial charge in [0.1, 0.15) is 11.4 Å². The van der Waals surface area contributed by atoms with Crippen LogP contribution < -0.4 is 14.2 Å². The number of hydrogen-bond donors (Lipinski definition) is 0. The van der Waals surface area contributed by atoms with Crippen molar-refractivity contribution in [2.75, 3.05) is 13.7 Å². The number of methoxy groups -OCH3 is 1. The summed E-state index contributed by atoms with van der Waals surface area (Å²) in [7, 11) is 1.53. The summed E-state index contributed by atoms with van der Waals surface area (Å²) >= 11 is 0. The molecule has 1 fully saturated rings. The Labute approximate surface area is 189 Å². The van der Waals surface area contributed by atoms with E-state index in [0.717, 1.165) is 17.7 Å². The van der Waals surface area contributed by atoms with Crippen LogP contribution in [-0.2, 0) is 11.2 Å². The number of likely N-dealkylation sites (tertiary alicyclic amines) is 1. The van der Waals surface area contributed by atoms with Crippen LogP contribution >= 0.6 is 0 Å². The molecule has 0 radical (unpaired) electrons. The fourth-order valence-electron chi connectivity index (χ4n) is 4.77. The van der Waals surface area contributed by atoms with Crippen LogP contribution in [0.25, 0.3) is 0 Å². The molecule has 4 rings (SSSR count). The van der Waals surface area contributed by atoms with Crippen LogP contribution in [0, 0.1) is 5.41 Å². The molecule has 6 nitrogen and oxygen atoms in total. The highest BCUT2D eigenvalue weighted by atomic mass is 16.5. The zero-order chi connectivity index (χ0) is 23.1. The lowest BCUT2D eigenvalue weighted by Crippen LogP contribution is -2.61. The maximum Gasteiger partial charge on any atom is 0.260 e. The molecule has 6 heteroatoms. The number of rotatable bonds is 4. The van der Waals surface area contributed by atoms with Crippen molar-refractivity contribution in [3.8, 4) is 17.2 Å². The third kappa shape index (κ3) is 3.83. The molecule has 0 bridgehead atoms. The van der Waals surface area contributed by atoms with E-state index in [1.807, 2.05) is 32.0 Å². The van der Waals surface area contributed by atoms with Crippen molar-refractivity contribution in [1.82, 2.24) is 4.90 Å². The third-order valence-corrected chi connectivity index (χ3v) is 6.64. The topological polar surface area (TPSA) is 65.1 Å². The zero-order valence-electron chi connectivity index (χ0n) is 19.4. The summed E-state index contributed by atoms with van der Waals surface area (Å²) < 4.78 is 17.6. The SMILES string of the molecule is COc1cc(C(=O)N2CCC3(CC2=O)Oc2ccccc2CC3(C)C)ccc1OC(C)C. The number of ether oxygens (including phenoxy) is 3. The van der Waals surface area contributed by atoms with Gasteiger partial charge in [-0.05, 0) is 50.1 Å². The van der Waals surface area contributed by atoms with E-state index in [-0.39, 0.29) is 29.8 Å². The van der Waals surface area contributed by atoms with Crippen LogP contribution in [0.2, 0.25) is 0 Å². The number of carbonyl (C=O) groups is 2. The van der Waals surface area contributed by atoms with Crippen molar-refractivity contribution in [2.45, 2.75) is 58.7 Å². The lowest BCUT2D eigenvalue weighted by molar-refractivity contribution is -0.149. The highest BCUT2D eigenvalue weighted by Gasteiger charge is 2.54. The van der Waals surface area contributed by atoms with E-state index in [0.29, 0.717) is 30.0 Å². The highest BCUT2D eigenvalue weighted by molar-refractivity contribution is 6.05. The van der Waals surface area contributed by atoms with Gasteiger partial charge in [-0.25, -0.2) is 0 Å². The van der Waals surface area contributed by atoms with Crippen LogP contribution in [0.15, 0.2) is 42.5 Å². The molecule has 2 aliphatic rings. The van der Waals surface area contributed by atoms with Crippen LogP contribution in [0.3, 0.4) is 0 Å². The molecule has 2 aromatic rings. The molecule has 0 aliphatic carbocycles. The van der Waals surface area contributed by atoms with Crippen LogP contribution in [0.1, 0.15) is 56.5 Å². The fourth-order valence-corrected chi connectivity index (χ4v) is 4.77. The molecule has 1 unspecified atom stereocenters. The van der Waals surface area contributed by atoms with Crippen LogP contribution in [0.5, 0.6) is 17.2 Å². The Balaban J connectivity index is 1.55. The lowest BCUT2D eigenvalue weighted by Gasteiger charge is -2.53. The van der Waals surface area contributed by atoms with E-state index in [9.17, 15) is 9.59 Å². The third-order valence-electron chi connectivity index (χ3n) is 6.64. The lowest BCUT2D eigenvalue weighted by atomic mass is 9.64. The molecule has 32 heavy (non-hydrogen) atoms. The van der Waals surface area contributed by atoms with Gasteiger partial charge in [0.25, 0.3) is 5.91 Å². The number of piperidine rings is 1. The first-order valence-corrected chi connectivity index (χ1v) is 11.1. The molecule has 0 aromatic heterocycles. The number of benzene rings is 2. The molecule has 0 N–H and O–H groups in total. The molecule has 170 valence electrons. The molecular weight excluding hydrogens is 406 g/mol. The van der Waals surface area contributed by atoms with Crippen molar-refractivity contribution in [3.05, 3.63) is 53.6 Å². The van der Waals surface area contributed by atoms with Gasteiger partial charge < -0.3 is 14.2 Å². The van der Waals surface area contributed by atoms with Gasteiger partial charge in [0.2, 0.25) is 5.91 Å². The van der Waals surface area contributed by atoms with E-state index >= 15 is 0 Å². The van der Waals surface area contributed by atoms with Gasteiger partial charge in [-0.2, -0.15) is 0 Å². The Morgan fingerprint density at radius 1 is 1.09 bits per heavy atom. The normalized spacial score (nSPS) is 21.8. The summed E-state index contributed by atoms with van der Waals surface area (Å²) in [6.45, 7) is 8.45. The first kappa shape index (κ1) is 22.2. The van der Waals surface area contributed by atoms with Gasteiger partial charge in [0, 0.05) is 23.9 Å². The molecule has 1 spiro atoms. The van der Waals surface area contributed by atoms with E-state index in [4.69, 9.17) is 14.2 Å². The summed E-state index contributed by atoms with van der Waals surface area (Å²) in [6.07, 6.45) is 1.58. The quantitative estimate of drug-likeness (QED) is 0.652. The maximum atomic E-state index is 13.2. The van der Waals surface area contributed by atoms with Gasteiger partial charge in [-0.3, -0.25) is 14.5 Å². The van der Waals surface area contributed by atoms with E-state index in [1.165, 1.54) is 12.0 Å². The first-order valence-electron chi connectivity index (χ1n) is 11.1. The molecule has 1 atom stereocenters. The standard InChI is InChI=1S/C26H31NO5/c1-17(2)31-21-11-10-18(14-22(21)30-5)24(29)27-13-12-26(16-23(27)28)25(3,4)15-19-8-6-7-9-20(19)32-26/h6-11,14,17H,12-13,15-16H2,1-5H3. The van der Waals surface area contributed by atoms with E-state index < -0.39 is 5.60 Å². The number of hydrogen-bond acceptors (Lipinski definition) is 5. The predicted octanol–water partition coefficient (Wildman–Crippen LogP) is 4.65. The van der Waals surface area contributed by atoms with Crippen molar-refractivity contribution < 1.29 is 23.8 Å². The summed E-state index contributed by atoms with van der Waals surface area (Å²) in [6, 6.07) is 13.0. The van der Waals surface area contributed by atoms with Gasteiger partial charge >= 0.3 is 0 Å². The van der Waals surface area contributed by atoms with Gasteiger partial charge in [-0.1, -0.05) is 32.0 Å². The molecule has 1 saturated heterocycles. The van der Waals surface area contributed by atoms with Crippen LogP contribution in [-0.4, -0.2) is 42.1 Å². The summed E-state index contributed by atoms with van der Waals surface area (Å²) in [4.78, 5) is 27.8. The number of carbonyl (C=O) groups excluding carboxylic acids is 2. The molecule has 2 heterocycles. The van der Waals surface area contributed by atoms with Crippen molar-refractivity contribution in [1.29, 1.82) is 0 Å². The average Bonchev–Trinajstić information content (AvgIpc) is 2.74. The number of nitrogens with zero attached hydrogens (tertiary/aromatic N) is 1. The van der Waals surface area contributed by atoms with Gasteiger partial charge in [0.05, 0.1) is 19.6 Å². The van der Waals surface area contributed by atoms with Gasteiger partial charge in [-0.15, -0.1) is 0 Å². The minimum atomic E-state index is -0.623. The van der Waals surface area contributed by atoms with E-state index in [1.54, 1.807) is 18.2 Å². The molecule has 2 aliphatic heterocycles. The number of amides is 2. The van der Waals surface area contributed by atoms with Crippen molar-refractivity contribution in [3.63, 3.8) is 0 Å². The Morgan fingerprint density at radius 2 is 1.84 bits per heavy atom. The Kier molecular flexibility index (Phi) is 5.65. The predicted molar refractivity (Wildman–Crippen MR) is 121 cm³/mol. The highest BCUT2D eigenvalue weighted by Crippen LogP contribution is 2.50. The molecular formula is C26H31NO5. The van der Waals surface area contributed by atoms with Gasteiger partial charge in [0.15, 0.2) is 11.5 Å². The van der Waals surface area contributed by atoms with Crippen molar-refractivity contribution >= 4 is 11.8 Å². The second-order valence-corrected chi connectivity index (χ2v) is 9.57. The Hall–Kier alpha value is -3.02. The maximum absolute atomic E-state index is 13.2. The Bertz CT molecular complexity index is 1040. The number of para-hydroxylation sites is 1. The Morgan fingerprint density at radius 3 is 2.53 bits per heavy atom. The summed E-state index contributed by atoms with van der Waals surface area (Å²) in [5.74, 6) is 1.34. The fraction of sp³-hybridized carbons (Fsp3) is 0.462. The summed E-state index contributed by atoms with van der Waals surface area (Å²) in [5.41, 5.74) is 0.703. The van der Waals surface area contributed by atoms with Crippen molar-refractivity contribution in [2.24, 2.45) is 5.41 Å². The number of imide groups is 1. The molecule has 2 amide bonds. The second-order valence-electron chi connectivity index (χ2n) is 9.57. The smallest absolute Gasteiger partial charge is 0.260 e. The van der Waals surface area contributed by atoms with Crippen LogP contribution in [0.4, 0.5) is 0 Å². The molecule has 2 aromatic carbocycles. The largest absolute Gasteiger partial charge is 0.493 e. The first-order chi connectivity index (χ1) is 15.2. The zero-order valence-corrected chi connectivity index (χ0v) is 19.4. The summed E-state index contributed by atoms with van der Waals surface area (Å²) in [5, 5.41) is 0. The second kappa shape index (κ2) is 8.15. The molecule has 0 saturated carbocycles. The number of fused-ring (bicyclic) bond motifs is 1. The minimum Gasteiger partial charge on any atom is -0.493 e. The minimum absolute atomic E-state index is 0.0192. The average molecular weight is 438 g/mol. The monoisotopic (exact) mass is 437 g/mol.